The SMILES string of the molecule is O=C(C=C1CCC(C(=O)O)CC1)N[C@@H](Cc1ccc(NC(=O)c2c(Cl)cccc2Cl)cc1)C(=O)O. The van der Waals surface area contributed by atoms with Crippen LogP contribution in [-0.2, 0) is 20.8 Å². The molecule has 10 heteroatoms. The van der Waals surface area contributed by atoms with Gasteiger partial charge in [-0.15, -0.1) is 0 Å². The van der Waals surface area contributed by atoms with E-state index >= 15 is 0 Å². The lowest BCUT2D eigenvalue weighted by Gasteiger charge is -2.20. The van der Waals surface area contributed by atoms with Gasteiger partial charge in [0.2, 0.25) is 5.91 Å². The lowest BCUT2D eigenvalue weighted by Crippen LogP contribution is -2.41. The number of benzene rings is 2. The molecule has 8 nitrogen and oxygen atoms in total. The molecule has 1 atom stereocenters. The van der Waals surface area contributed by atoms with E-state index in [1.165, 1.54) is 6.08 Å². The van der Waals surface area contributed by atoms with Crippen molar-refractivity contribution in [1.82, 2.24) is 5.32 Å². The Kier molecular flexibility index (Phi) is 8.89. The van der Waals surface area contributed by atoms with Crippen molar-refractivity contribution >= 4 is 52.6 Å². The molecule has 2 aromatic rings. The fraction of sp³-hybridized carbons (Fsp3) is 0.280. The molecule has 35 heavy (non-hydrogen) atoms. The first-order chi connectivity index (χ1) is 16.6. The number of anilines is 1. The summed E-state index contributed by atoms with van der Waals surface area (Å²) in [4.78, 5) is 47.6. The van der Waals surface area contributed by atoms with E-state index in [0.29, 0.717) is 36.9 Å². The molecule has 1 aliphatic carbocycles. The molecule has 0 aromatic heterocycles. The first kappa shape index (κ1) is 26.2. The number of allylic oxidation sites excluding steroid dienone is 1. The van der Waals surface area contributed by atoms with E-state index in [-0.39, 0.29) is 22.0 Å². The summed E-state index contributed by atoms with van der Waals surface area (Å²) in [7, 11) is 0. The predicted molar refractivity (Wildman–Crippen MR) is 132 cm³/mol. The first-order valence-corrected chi connectivity index (χ1v) is 11.7. The average molecular weight is 519 g/mol. The largest absolute Gasteiger partial charge is 0.481 e. The van der Waals surface area contributed by atoms with Crippen LogP contribution in [0.5, 0.6) is 0 Å². The summed E-state index contributed by atoms with van der Waals surface area (Å²) in [6.45, 7) is 0. The molecular formula is C25H24Cl2N2O6. The van der Waals surface area contributed by atoms with Gasteiger partial charge in [0.05, 0.1) is 21.5 Å². The fourth-order valence-corrected chi connectivity index (χ4v) is 4.42. The number of carbonyl (C=O) groups is 4. The normalized spacial score (nSPS) is 16.2. The third-order valence-electron chi connectivity index (χ3n) is 5.77. The average Bonchev–Trinajstić information content (AvgIpc) is 2.80. The van der Waals surface area contributed by atoms with Crippen molar-refractivity contribution < 1.29 is 29.4 Å². The van der Waals surface area contributed by atoms with Crippen molar-refractivity contribution in [3.8, 4) is 0 Å². The molecule has 0 saturated heterocycles. The summed E-state index contributed by atoms with van der Waals surface area (Å²) in [5, 5.41) is 24.2. The van der Waals surface area contributed by atoms with Gasteiger partial charge in [0, 0.05) is 18.2 Å². The van der Waals surface area contributed by atoms with Gasteiger partial charge in [0.25, 0.3) is 5.91 Å². The minimum Gasteiger partial charge on any atom is -0.481 e. The van der Waals surface area contributed by atoms with E-state index in [2.05, 4.69) is 10.6 Å². The van der Waals surface area contributed by atoms with E-state index in [9.17, 15) is 24.3 Å². The molecule has 1 fully saturated rings. The van der Waals surface area contributed by atoms with Crippen LogP contribution in [0.3, 0.4) is 0 Å². The second-order valence-electron chi connectivity index (χ2n) is 8.27. The predicted octanol–water partition coefficient (Wildman–Crippen LogP) is 4.56. The number of hydrogen-bond donors (Lipinski definition) is 4. The number of hydrogen-bond acceptors (Lipinski definition) is 4. The van der Waals surface area contributed by atoms with Gasteiger partial charge < -0.3 is 20.8 Å². The van der Waals surface area contributed by atoms with Crippen LogP contribution in [0.4, 0.5) is 5.69 Å². The number of amides is 2. The summed E-state index contributed by atoms with van der Waals surface area (Å²) < 4.78 is 0. The maximum absolute atomic E-state index is 12.5. The van der Waals surface area contributed by atoms with Crippen LogP contribution in [0.2, 0.25) is 10.0 Å². The zero-order valence-corrected chi connectivity index (χ0v) is 20.1. The number of halogens is 2. The monoisotopic (exact) mass is 518 g/mol. The maximum Gasteiger partial charge on any atom is 0.326 e. The molecule has 0 heterocycles. The number of aliphatic carboxylic acids is 2. The Morgan fingerprint density at radius 1 is 0.971 bits per heavy atom. The van der Waals surface area contributed by atoms with Crippen LogP contribution >= 0.6 is 23.2 Å². The fourth-order valence-electron chi connectivity index (χ4n) is 3.85. The van der Waals surface area contributed by atoms with E-state index in [1.807, 2.05) is 0 Å². The lowest BCUT2D eigenvalue weighted by atomic mass is 9.86. The molecule has 1 aliphatic rings. The maximum atomic E-state index is 12.5. The Labute approximate surface area is 211 Å². The van der Waals surface area contributed by atoms with E-state index in [1.54, 1.807) is 42.5 Å². The standard InChI is InChI=1S/C25H24Cl2N2O6/c26-18-2-1-3-19(27)22(18)23(31)28-17-10-6-14(7-11-17)12-20(25(34)35)29-21(30)13-15-4-8-16(9-5-15)24(32)33/h1-3,6-7,10-11,13,16,20H,4-5,8-9,12H2,(H,28,31)(H,29,30)(H,32,33)(H,34,35)/t16?,20-/m0/s1. The van der Waals surface area contributed by atoms with Crippen molar-refractivity contribution in [2.75, 3.05) is 5.32 Å². The highest BCUT2D eigenvalue weighted by Gasteiger charge is 2.24. The molecule has 1 saturated carbocycles. The second kappa shape index (κ2) is 11.9. The van der Waals surface area contributed by atoms with Gasteiger partial charge in [0.15, 0.2) is 0 Å². The number of nitrogens with one attached hydrogen (secondary N) is 2. The lowest BCUT2D eigenvalue weighted by molar-refractivity contribution is -0.142. The second-order valence-corrected chi connectivity index (χ2v) is 9.08. The minimum absolute atomic E-state index is 0.0376. The molecule has 184 valence electrons. The van der Waals surface area contributed by atoms with E-state index in [0.717, 1.165) is 5.57 Å². The number of carboxylic acids is 2. The van der Waals surface area contributed by atoms with Gasteiger partial charge >= 0.3 is 11.9 Å². The van der Waals surface area contributed by atoms with Crippen molar-refractivity contribution in [3.63, 3.8) is 0 Å². The molecule has 0 bridgehead atoms. The Morgan fingerprint density at radius 3 is 2.11 bits per heavy atom. The summed E-state index contributed by atoms with van der Waals surface area (Å²) in [6, 6.07) is 10.1. The highest BCUT2D eigenvalue weighted by atomic mass is 35.5. The van der Waals surface area contributed by atoms with Gasteiger partial charge in [-0.2, -0.15) is 0 Å². The number of rotatable bonds is 8. The van der Waals surface area contributed by atoms with Crippen LogP contribution < -0.4 is 10.6 Å². The summed E-state index contributed by atoms with van der Waals surface area (Å²) in [5.74, 6) is -3.43. The Balaban J connectivity index is 1.59. The topological polar surface area (TPSA) is 133 Å². The Hall–Kier alpha value is -3.36. The van der Waals surface area contributed by atoms with Crippen LogP contribution in [0.15, 0.2) is 54.1 Å². The molecule has 0 spiro atoms. The number of carbonyl (C=O) groups excluding carboxylic acids is 2. The van der Waals surface area contributed by atoms with Gasteiger partial charge in [-0.25, -0.2) is 4.79 Å². The molecule has 0 unspecified atom stereocenters. The minimum atomic E-state index is -1.18. The Bertz CT molecular complexity index is 1130. The first-order valence-electron chi connectivity index (χ1n) is 10.9. The van der Waals surface area contributed by atoms with Crippen LogP contribution in [-0.4, -0.2) is 40.0 Å². The third-order valence-corrected chi connectivity index (χ3v) is 6.40. The van der Waals surface area contributed by atoms with Crippen LogP contribution in [0.1, 0.15) is 41.6 Å². The zero-order chi connectivity index (χ0) is 25.5. The summed E-state index contributed by atoms with van der Waals surface area (Å²) in [5.41, 5.74) is 2.07. The Morgan fingerprint density at radius 2 is 1.57 bits per heavy atom. The van der Waals surface area contributed by atoms with Gasteiger partial charge in [-0.05, 0) is 55.5 Å². The number of carboxylic acid groups (broad SMARTS) is 2. The van der Waals surface area contributed by atoms with Gasteiger partial charge in [-0.3, -0.25) is 14.4 Å². The smallest absolute Gasteiger partial charge is 0.326 e. The van der Waals surface area contributed by atoms with Crippen LogP contribution in [0.25, 0.3) is 0 Å². The van der Waals surface area contributed by atoms with Gasteiger partial charge in [-0.1, -0.05) is 47.0 Å². The van der Waals surface area contributed by atoms with E-state index < -0.39 is 35.7 Å². The van der Waals surface area contributed by atoms with Crippen LogP contribution in [0, 0.1) is 5.92 Å². The van der Waals surface area contributed by atoms with Gasteiger partial charge in [0.1, 0.15) is 6.04 Å². The molecule has 0 radical (unpaired) electrons. The zero-order valence-electron chi connectivity index (χ0n) is 18.6. The third kappa shape index (κ3) is 7.31. The summed E-state index contributed by atoms with van der Waals surface area (Å²) in [6.07, 6.45) is 3.32. The highest BCUT2D eigenvalue weighted by molar-refractivity contribution is 6.40. The summed E-state index contributed by atoms with van der Waals surface area (Å²) >= 11 is 12.1. The molecule has 2 amide bonds. The molecule has 4 N–H and O–H groups in total. The van der Waals surface area contributed by atoms with Crippen molar-refractivity contribution in [2.24, 2.45) is 5.92 Å². The molecular weight excluding hydrogens is 495 g/mol. The molecule has 3 rings (SSSR count). The molecule has 0 aliphatic heterocycles. The quantitative estimate of drug-likeness (QED) is 0.378. The molecule has 2 aromatic carbocycles. The van der Waals surface area contributed by atoms with Crippen molar-refractivity contribution in [2.45, 2.75) is 38.1 Å². The van der Waals surface area contributed by atoms with Crippen molar-refractivity contribution in [1.29, 1.82) is 0 Å². The highest BCUT2D eigenvalue weighted by Crippen LogP contribution is 2.28. The van der Waals surface area contributed by atoms with E-state index in [4.69, 9.17) is 28.3 Å². The van der Waals surface area contributed by atoms with Crippen molar-refractivity contribution in [3.05, 3.63) is 75.3 Å².